The molecule has 2 rings (SSSR count). The number of carbonyl (C=O) groups is 1. The van der Waals surface area contributed by atoms with Crippen LogP contribution in [0.5, 0.6) is 0 Å². The largest absolute Gasteiger partial charge is 0.393 e. The molecule has 1 saturated heterocycles. The average molecular weight is 268 g/mol. The molecule has 0 saturated carbocycles. The van der Waals surface area contributed by atoms with E-state index in [4.69, 9.17) is 0 Å². The maximum atomic E-state index is 11.2. The highest BCUT2D eigenvalue weighted by atomic mass is 32.1. The monoisotopic (exact) mass is 268 g/mol. The molecule has 0 spiro atoms. The summed E-state index contributed by atoms with van der Waals surface area (Å²) >= 11 is 1.67. The summed E-state index contributed by atoms with van der Waals surface area (Å²) in [6.45, 7) is 5.04. The van der Waals surface area contributed by atoms with E-state index >= 15 is 0 Å². The van der Waals surface area contributed by atoms with Crippen molar-refractivity contribution in [1.82, 2.24) is 5.32 Å². The number of piperidine rings is 1. The summed E-state index contributed by atoms with van der Waals surface area (Å²) < 4.78 is 0. The zero-order valence-corrected chi connectivity index (χ0v) is 11.6. The quantitative estimate of drug-likeness (QED) is 0.872. The molecular weight excluding hydrogens is 248 g/mol. The number of carbonyl (C=O) groups excluding carboxylic acids is 1. The number of rotatable bonds is 3. The van der Waals surface area contributed by atoms with Gasteiger partial charge in [-0.25, -0.2) is 0 Å². The van der Waals surface area contributed by atoms with Gasteiger partial charge in [-0.3, -0.25) is 4.79 Å². The molecule has 4 nitrogen and oxygen atoms in total. The summed E-state index contributed by atoms with van der Waals surface area (Å²) in [7, 11) is 0. The van der Waals surface area contributed by atoms with Crippen molar-refractivity contribution in [2.24, 2.45) is 5.92 Å². The summed E-state index contributed by atoms with van der Waals surface area (Å²) in [5, 5.41) is 16.9. The van der Waals surface area contributed by atoms with Gasteiger partial charge in [-0.1, -0.05) is 0 Å². The number of nitrogens with zero attached hydrogens (tertiary/aromatic N) is 1. The van der Waals surface area contributed by atoms with Gasteiger partial charge in [0, 0.05) is 43.0 Å². The number of nitrogens with one attached hydrogen (secondary N) is 1. The third kappa shape index (κ3) is 3.23. The summed E-state index contributed by atoms with van der Waals surface area (Å²) in [6, 6.07) is 2.20. The molecule has 5 heteroatoms. The van der Waals surface area contributed by atoms with Crippen molar-refractivity contribution in [3.05, 3.63) is 16.8 Å². The van der Waals surface area contributed by atoms with Crippen molar-refractivity contribution >= 4 is 22.9 Å². The van der Waals surface area contributed by atoms with E-state index in [0.29, 0.717) is 0 Å². The first kappa shape index (κ1) is 13.4. The number of aliphatic hydroxyl groups excluding tert-OH is 1. The lowest BCUT2D eigenvalue weighted by molar-refractivity contribution is -0.119. The van der Waals surface area contributed by atoms with E-state index in [1.807, 2.05) is 6.92 Å². The van der Waals surface area contributed by atoms with Crippen molar-refractivity contribution in [3.8, 4) is 0 Å². The minimum Gasteiger partial charge on any atom is -0.393 e. The standard InChI is InChI=1S/C13H20N2O2S/c1-9(16)11-5-12(14-10(2)17)7-15(6-11)13-3-4-18-8-13/h3-4,8-9,11-12,16H,5-7H2,1-2H3,(H,14,17). The van der Waals surface area contributed by atoms with E-state index in [9.17, 15) is 9.90 Å². The second-order valence-electron chi connectivity index (χ2n) is 5.02. The Morgan fingerprint density at radius 1 is 1.61 bits per heavy atom. The van der Waals surface area contributed by atoms with Gasteiger partial charge in [0.05, 0.1) is 6.10 Å². The molecule has 1 aromatic heterocycles. The molecule has 2 N–H and O–H groups in total. The Labute approximate surface area is 112 Å². The zero-order chi connectivity index (χ0) is 13.1. The van der Waals surface area contributed by atoms with Crippen LogP contribution in [0.1, 0.15) is 20.3 Å². The second-order valence-corrected chi connectivity index (χ2v) is 5.80. The Morgan fingerprint density at radius 3 is 2.94 bits per heavy atom. The normalized spacial score (nSPS) is 25.8. The van der Waals surface area contributed by atoms with Gasteiger partial charge < -0.3 is 15.3 Å². The molecule has 0 aromatic carbocycles. The Morgan fingerprint density at radius 2 is 2.39 bits per heavy atom. The number of aliphatic hydroxyl groups is 1. The van der Waals surface area contributed by atoms with Crippen LogP contribution < -0.4 is 10.2 Å². The first-order chi connectivity index (χ1) is 8.56. The first-order valence-electron chi connectivity index (χ1n) is 6.28. The number of hydrogen-bond donors (Lipinski definition) is 2. The lowest BCUT2D eigenvalue weighted by atomic mass is 9.90. The van der Waals surface area contributed by atoms with Crippen LogP contribution in [0, 0.1) is 5.92 Å². The van der Waals surface area contributed by atoms with Crippen molar-refractivity contribution in [2.45, 2.75) is 32.4 Å². The Balaban J connectivity index is 2.09. The Hall–Kier alpha value is -1.07. The first-order valence-corrected chi connectivity index (χ1v) is 7.23. The van der Waals surface area contributed by atoms with Crippen molar-refractivity contribution in [2.75, 3.05) is 18.0 Å². The van der Waals surface area contributed by atoms with E-state index in [0.717, 1.165) is 19.5 Å². The van der Waals surface area contributed by atoms with E-state index < -0.39 is 0 Å². The summed E-state index contributed by atoms with van der Waals surface area (Å²) in [6.07, 6.45) is 0.500. The number of anilines is 1. The van der Waals surface area contributed by atoms with Gasteiger partial charge in [0.2, 0.25) is 5.91 Å². The molecule has 0 radical (unpaired) electrons. The minimum atomic E-state index is -0.345. The molecule has 3 unspecified atom stereocenters. The highest BCUT2D eigenvalue weighted by Gasteiger charge is 2.30. The fourth-order valence-electron chi connectivity index (χ4n) is 2.53. The topological polar surface area (TPSA) is 52.6 Å². The van der Waals surface area contributed by atoms with E-state index in [2.05, 4.69) is 27.0 Å². The predicted octanol–water partition coefficient (Wildman–Crippen LogP) is 1.46. The molecular formula is C13H20N2O2S. The number of thiophene rings is 1. The van der Waals surface area contributed by atoms with E-state index in [1.165, 1.54) is 5.69 Å². The maximum Gasteiger partial charge on any atom is 0.217 e. The fraction of sp³-hybridized carbons (Fsp3) is 0.615. The fourth-order valence-corrected chi connectivity index (χ4v) is 3.19. The van der Waals surface area contributed by atoms with Crippen molar-refractivity contribution in [3.63, 3.8) is 0 Å². The summed E-state index contributed by atoms with van der Waals surface area (Å²) in [5.41, 5.74) is 1.18. The second kappa shape index (κ2) is 5.71. The van der Waals surface area contributed by atoms with Gasteiger partial charge in [-0.05, 0) is 24.8 Å². The molecule has 0 aliphatic carbocycles. The van der Waals surface area contributed by atoms with Crippen LogP contribution >= 0.6 is 11.3 Å². The predicted molar refractivity (Wildman–Crippen MR) is 73.9 cm³/mol. The molecule has 1 amide bonds. The van der Waals surface area contributed by atoms with Crippen molar-refractivity contribution < 1.29 is 9.90 Å². The molecule has 1 aromatic rings. The van der Waals surface area contributed by atoms with Gasteiger partial charge in [0.1, 0.15) is 0 Å². The third-order valence-corrected chi connectivity index (χ3v) is 4.11. The lowest BCUT2D eigenvalue weighted by Gasteiger charge is -2.40. The lowest BCUT2D eigenvalue weighted by Crippen LogP contribution is -2.52. The smallest absolute Gasteiger partial charge is 0.217 e. The molecule has 3 atom stereocenters. The zero-order valence-electron chi connectivity index (χ0n) is 10.8. The van der Waals surface area contributed by atoms with Gasteiger partial charge in [-0.2, -0.15) is 11.3 Å². The molecule has 100 valence electrons. The van der Waals surface area contributed by atoms with Crippen LogP contribution in [0.2, 0.25) is 0 Å². The van der Waals surface area contributed by atoms with Crippen molar-refractivity contribution in [1.29, 1.82) is 0 Å². The molecule has 2 heterocycles. The highest BCUT2D eigenvalue weighted by molar-refractivity contribution is 7.08. The Bertz CT molecular complexity index is 392. The SMILES string of the molecule is CC(=O)NC1CC(C(C)O)CN(c2ccsc2)C1. The van der Waals surface area contributed by atoms with E-state index in [-0.39, 0.29) is 24.0 Å². The van der Waals surface area contributed by atoms with Gasteiger partial charge in [0.15, 0.2) is 0 Å². The van der Waals surface area contributed by atoms with Crippen LogP contribution in [0.15, 0.2) is 16.8 Å². The number of amides is 1. The number of hydrogen-bond acceptors (Lipinski definition) is 4. The highest BCUT2D eigenvalue weighted by Crippen LogP contribution is 2.26. The van der Waals surface area contributed by atoms with Gasteiger partial charge in [0.25, 0.3) is 0 Å². The average Bonchev–Trinajstić information content (AvgIpc) is 2.80. The molecule has 0 bridgehead atoms. The molecule has 1 fully saturated rings. The van der Waals surface area contributed by atoms with Gasteiger partial charge >= 0.3 is 0 Å². The van der Waals surface area contributed by atoms with Crippen LogP contribution in [-0.2, 0) is 4.79 Å². The van der Waals surface area contributed by atoms with Crippen LogP contribution in [0.4, 0.5) is 5.69 Å². The maximum absolute atomic E-state index is 11.2. The minimum absolute atomic E-state index is 0.00323. The molecule has 1 aliphatic rings. The summed E-state index contributed by atoms with van der Waals surface area (Å²) in [4.78, 5) is 13.4. The molecule has 1 aliphatic heterocycles. The van der Waals surface area contributed by atoms with Crippen LogP contribution in [0.25, 0.3) is 0 Å². The van der Waals surface area contributed by atoms with Gasteiger partial charge in [-0.15, -0.1) is 0 Å². The third-order valence-electron chi connectivity index (χ3n) is 3.44. The summed E-state index contributed by atoms with van der Waals surface area (Å²) in [5.74, 6) is 0.201. The van der Waals surface area contributed by atoms with E-state index in [1.54, 1.807) is 18.3 Å². The van der Waals surface area contributed by atoms with Crippen LogP contribution in [-0.4, -0.2) is 36.2 Å². The van der Waals surface area contributed by atoms with Crippen LogP contribution in [0.3, 0.4) is 0 Å². The Kier molecular flexibility index (Phi) is 4.24. The molecule has 18 heavy (non-hydrogen) atoms.